The van der Waals surface area contributed by atoms with Crippen LogP contribution in [-0.2, 0) is 38.9 Å². The van der Waals surface area contributed by atoms with E-state index in [1.165, 1.54) is 16.7 Å². The van der Waals surface area contributed by atoms with Crippen LogP contribution < -0.4 is 5.32 Å². The molecule has 6 heteroatoms. The van der Waals surface area contributed by atoms with Gasteiger partial charge in [0.1, 0.15) is 0 Å². The van der Waals surface area contributed by atoms with Gasteiger partial charge < -0.3 is 5.32 Å². The van der Waals surface area contributed by atoms with Crippen molar-refractivity contribution in [1.29, 1.82) is 0 Å². The third-order valence-electron chi connectivity index (χ3n) is 7.40. The lowest BCUT2D eigenvalue weighted by molar-refractivity contribution is 0.0925. The van der Waals surface area contributed by atoms with E-state index in [4.69, 9.17) is 5.10 Å². The number of hydrogen-bond donors (Lipinski definition) is 1. The number of amides is 1. The van der Waals surface area contributed by atoms with E-state index in [2.05, 4.69) is 63.7 Å². The molecular formula is C30H31N5O. The summed E-state index contributed by atoms with van der Waals surface area (Å²) in [7, 11) is 0. The molecule has 1 atom stereocenters. The van der Waals surface area contributed by atoms with E-state index in [9.17, 15) is 4.79 Å². The van der Waals surface area contributed by atoms with Crippen molar-refractivity contribution in [3.8, 4) is 0 Å². The molecule has 1 aliphatic heterocycles. The predicted molar refractivity (Wildman–Crippen MR) is 140 cm³/mol. The Labute approximate surface area is 212 Å². The molecule has 6 nitrogen and oxygen atoms in total. The van der Waals surface area contributed by atoms with Gasteiger partial charge in [-0.15, -0.1) is 0 Å². The van der Waals surface area contributed by atoms with Crippen molar-refractivity contribution in [2.75, 3.05) is 6.54 Å². The van der Waals surface area contributed by atoms with E-state index in [1.54, 1.807) is 6.20 Å². The molecule has 1 unspecified atom stereocenters. The van der Waals surface area contributed by atoms with Gasteiger partial charge >= 0.3 is 0 Å². The fourth-order valence-corrected chi connectivity index (χ4v) is 5.56. The van der Waals surface area contributed by atoms with Crippen LogP contribution in [0.5, 0.6) is 0 Å². The molecule has 36 heavy (non-hydrogen) atoms. The van der Waals surface area contributed by atoms with Crippen molar-refractivity contribution < 1.29 is 4.79 Å². The van der Waals surface area contributed by atoms with Gasteiger partial charge in [0, 0.05) is 49.6 Å². The van der Waals surface area contributed by atoms with Crippen LogP contribution in [0, 0.1) is 0 Å². The summed E-state index contributed by atoms with van der Waals surface area (Å²) in [5.74, 6) is -0.0584. The zero-order chi connectivity index (χ0) is 24.3. The smallest absolute Gasteiger partial charge is 0.272 e. The van der Waals surface area contributed by atoms with E-state index < -0.39 is 0 Å². The second-order valence-corrected chi connectivity index (χ2v) is 9.88. The molecule has 2 aromatic heterocycles. The highest BCUT2D eigenvalue weighted by Crippen LogP contribution is 2.26. The maximum atomic E-state index is 13.6. The number of nitrogens with zero attached hydrogens (tertiary/aromatic N) is 4. The van der Waals surface area contributed by atoms with Crippen LogP contribution in [0.4, 0.5) is 0 Å². The van der Waals surface area contributed by atoms with Crippen LogP contribution in [0.15, 0.2) is 79.0 Å². The number of aromatic nitrogens is 3. The number of pyridine rings is 1. The molecule has 1 aliphatic carbocycles. The number of rotatable bonds is 6. The summed E-state index contributed by atoms with van der Waals surface area (Å²) in [5, 5.41) is 8.20. The Kier molecular flexibility index (Phi) is 6.35. The molecule has 6 rings (SSSR count). The van der Waals surface area contributed by atoms with Crippen LogP contribution in [0.2, 0.25) is 0 Å². The van der Waals surface area contributed by atoms with Gasteiger partial charge in [-0.05, 0) is 48.1 Å². The average Bonchev–Trinajstić information content (AvgIpc) is 3.27. The average molecular weight is 478 g/mol. The maximum Gasteiger partial charge on any atom is 0.272 e. The van der Waals surface area contributed by atoms with Crippen molar-refractivity contribution in [2.24, 2.45) is 0 Å². The van der Waals surface area contributed by atoms with Crippen LogP contribution in [0.1, 0.15) is 50.6 Å². The first-order chi connectivity index (χ1) is 17.7. The third-order valence-corrected chi connectivity index (χ3v) is 7.40. The lowest BCUT2D eigenvalue weighted by Gasteiger charge is -2.28. The Balaban J connectivity index is 1.25. The van der Waals surface area contributed by atoms with Crippen molar-refractivity contribution in [3.05, 3.63) is 118 Å². The van der Waals surface area contributed by atoms with Gasteiger partial charge in [-0.25, -0.2) is 0 Å². The zero-order valence-electron chi connectivity index (χ0n) is 20.4. The van der Waals surface area contributed by atoms with Crippen molar-refractivity contribution in [2.45, 2.75) is 51.4 Å². The normalized spacial score (nSPS) is 17.3. The van der Waals surface area contributed by atoms with E-state index in [0.717, 1.165) is 62.3 Å². The quantitative estimate of drug-likeness (QED) is 0.453. The Morgan fingerprint density at radius 3 is 2.56 bits per heavy atom. The lowest BCUT2D eigenvalue weighted by atomic mass is 9.88. The van der Waals surface area contributed by atoms with E-state index in [0.29, 0.717) is 12.2 Å². The molecule has 182 valence electrons. The minimum absolute atomic E-state index is 0.0584. The number of fused-ring (bicyclic) bond motifs is 2. The standard InChI is InChI=1S/C30H31N5O/c36-30(32-25-14-13-23-10-4-5-11-24(23)18-25)29-27-21-34(19-22-8-2-1-3-9-22)17-15-28(27)35(33-29)20-26-12-6-7-16-31-26/h1-12,16,25H,13-15,17-21H2,(H,32,36). The number of carbonyl (C=O) groups excluding carboxylic acids is 1. The van der Waals surface area contributed by atoms with E-state index >= 15 is 0 Å². The van der Waals surface area contributed by atoms with Gasteiger partial charge in [-0.3, -0.25) is 19.4 Å². The Hall–Kier alpha value is -3.77. The lowest BCUT2D eigenvalue weighted by Crippen LogP contribution is -2.40. The molecule has 2 aromatic carbocycles. The molecular weight excluding hydrogens is 446 g/mol. The van der Waals surface area contributed by atoms with Crippen molar-refractivity contribution >= 4 is 5.91 Å². The molecule has 0 spiro atoms. The Morgan fingerprint density at radius 1 is 0.917 bits per heavy atom. The van der Waals surface area contributed by atoms with Crippen LogP contribution >= 0.6 is 0 Å². The fraction of sp³-hybridized carbons (Fsp3) is 0.300. The molecule has 4 aromatic rings. The molecule has 0 fully saturated rings. The number of benzene rings is 2. The van der Waals surface area contributed by atoms with Gasteiger partial charge in [0.2, 0.25) is 0 Å². The van der Waals surface area contributed by atoms with E-state index in [-0.39, 0.29) is 11.9 Å². The Bertz CT molecular complexity index is 1350. The molecule has 1 amide bonds. The largest absolute Gasteiger partial charge is 0.348 e. The summed E-state index contributed by atoms with van der Waals surface area (Å²) in [4.78, 5) is 20.5. The SMILES string of the molecule is O=C(NC1CCc2ccccc2C1)c1nn(Cc2ccccn2)c2c1CN(Cc1ccccc1)CC2. The molecule has 0 radical (unpaired) electrons. The third kappa shape index (κ3) is 4.82. The number of aryl methyl sites for hydroxylation is 1. The fourth-order valence-electron chi connectivity index (χ4n) is 5.56. The number of carbonyl (C=O) groups is 1. The summed E-state index contributed by atoms with van der Waals surface area (Å²) in [6.45, 7) is 3.11. The summed E-state index contributed by atoms with van der Waals surface area (Å²) >= 11 is 0. The summed E-state index contributed by atoms with van der Waals surface area (Å²) in [5.41, 5.74) is 7.75. The minimum atomic E-state index is -0.0584. The van der Waals surface area contributed by atoms with Gasteiger partial charge in [0.05, 0.1) is 12.2 Å². The first kappa shape index (κ1) is 22.7. The zero-order valence-corrected chi connectivity index (χ0v) is 20.4. The van der Waals surface area contributed by atoms with Crippen LogP contribution in [0.25, 0.3) is 0 Å². The monoisotopic (exact) mass is 477 g/mol. The molecule has 0 saturated heterocycles. The first-order valence-electron chi connectivity index (χ1n) is 12.9. The van der Waals surface area contributed by atoms with Crippen LogP contribution in [-0.4, -0.2) is 38.2 Å². The number of hydrogen-bond acceptors (Lipinski definition) is 4. The minimum Gasteiger partial charge on any atom is -0.348 e. The highest BCUT2D eigenvalue weighted by atomic mass is 16.2. The topological polar surface area (TPSA) is 63.1 Å². The second-order valence-electron chi connectivity index (χ2n) is 9.88. The molecule has 0 bridgehead atoms. The van der Waals surface area contributed by atoms with Gasteiger partial charge in [-0.2, -0.15) is 5.10 Å². The van der Waals surface area contributed by atoms with Gasteiger partial charge in [0.15, 0.2) is 5.69 Å². The predicted octanol–water partition coefficient (Wildman–Crippen LogP) is 4.17. The van der Waals surface area contributed by atoms with E-state index in [1.807, 2.05) is 28.9 Å². The maximum absolute atomic E-state index is 13.6. The summed E-state index contributed by atoms with van der Waals surface area (Å²) in [6, 6.07) is 25.1. The molecule has 1 N–H and O–H groups in total. The summed E-state index contributed by atoms with van der Waals surface area (Å²) in [6.07, 6.45) is 5.50. The second kappa shape index (κ2) is 10.1. The first-order valence-corrected chi connectivity index (χ1v) is 12.9. The summed E-state index contributed by atoms with van der Waals surface area (Å²) < 4.78 is 2.00. The van der Waals surface area contributed by atoms with Gasteiger partial charge in [0.25, 0.3) is 5.91 Å². The van der Waals surface area contributed by atoms with Crippen LogP contribution in [0.3, 0.4) is 0 Å². The molecule has 2 aliphatic rings. The highest BCUT2D eigenvalue weighted by molar-refractivity contribution is 5.94. The van der Waals surface area contributed by atoms with Crippen molar-refractivity contribution in [3.63, 3.8) is 0 Å². The molecule has 0 saturated carbocycles. The van der Waals surface area contributed by atoms with Crippen molar-refractivity contribution in [1.82, 2.24) is 25.0 Å². The Morgan fingerprint density at radius 2 is 1.72 bits per heavy atom. The molecule has 3 heterocycles. The highest BCUT2D eigenvalue weighted by Gasteiger charge is 2.30. The van der Waals surface area contributed by atoms with Gasteiger partial charge in [-0.1, -0.05) is 60.7 Å². The number of nitrogens with one attached hydrogen (secondary N) is 1.